The molecule has 1 fully saturated rings. The Morgan fingerprint density at radius 2 is 2.13 bits per heavy atom. The molecule has 1 aliphatic rings. The van der Waals surface area contributed by atoms with Gasteiger partial charge in [-0.1, -0.05) is 25.1 Å². The van der Waals surface area contributed by atoms with Gasteiger partial charge in [-0.3, -0.25) is 14.5 Å². The van der Waals surface area contributed by atoms with Gasteiger partial charge in [0.1, 0.15) is 0 Å². The highest BCUT2D eigenvalue weighted by Crippen LogP contribution is 2.22. The topological polar surface area (TPSA) is 65.2 Å². The number of fused-ring (bicyclic) bond motifs is 1. The predicted molar refractivity (Wildman–Crippen MR) is 90.6 cm³/mol. The molecular formula is C18H23N3O2. The van der Waals surface area contributed by atoms with Gasteiger partial charge in [0.2, 0.25) is 0 Å². The maximum Gasteiger partial charge on any atom is 0.292 e. The van der Waals surface area contributed by atoms with Crippen LogP contribution in [0.15, 0.2) is 24.3 Å². The summed E-state index contributed by atoms with van der Waals surface area (Å²) in [6.45, 7) is 6.55. The normalized spacial score (nSPS) is 18.4. The van der Waals surface area contributed by atoms with Crippen molar-refractivity contribution in [2.75, 3.05) is 19.6 Å². The molecule has 1 aliphatic heterocycles. The van der Waals surface area contributed by atoms with Crippen LogP contribution in [0.3, 0.4) is 0 Å². The zero-order valence-electron chi connectivity index (χ0n) is 13.7. The lowest BCUT2D eigenvalue weighted by atomic mass is 10.1. The summed E-state index contributed by atoms with van der Waals surface area (Å²) in [7, 11) is 0. The molecule has 1 atom stereocenters. The highest BCUT2D eigenvalue weighted by atomic mass is 16.2. The van der Waals surface area contributed by atoms with E-state index in [1.54, 1.807) is 0 Å². The molecule has 1 aromatic carbocycles. The summed E-state index contributed by atoms with van der Waals surface area (Å²) in [5, 5.41) is 3.63. The van der Waals surface area contributed by atoms with Crippen molar-refractivity contribution in [2.45, 2.75) is 32.7 Å². The van der Waals surface area contributed by atoms with Crippen LogP contribution in [0.5, 0.6) is 0 Å². The molecule has 0 radical (unpaired) electrons. The van der Waals surface area contributed by atoms with E-state index in [0.29, 0.717) is 18.2 Å². The lowest BCUT2D eigenvalue weighted by Gasteiger charge is -2.22. The second-order valence-corrected chi connectivity index (χ2v) is 6.13. The quantitative estimate of drug-likeness (QED) is 0.657. The van der Waals surface area contributed by atoms with Crippen LogP contribution in [-0.2, 0) is 4.79 Å². The molecule has 1 saturated heterocycles. The van der Waals surface area contributed by atoms with E-state index in [1.165, 1.54) is 0 Å². The fourth-order valence-electron chi connectivity index (χ4n) is 3.52. The third kappa shape index (κ3) is 3.01. The first-order valence-electron chi connectivity index (χ1n) is 8.25. The molecule has 1 amide bonds. The lowest BCUT2D eigenvalue weighted by Crippen LogP contribution is -2.42. The molecule has 1 aromatic heterocycles. The number of likely N-dealkylation sites (N-methyl/N-ethyl adjacent to an activating group) is 1. The largest absolute Gasteiger partial charge is 0.358 e. The van der Waals surface area contributed by atoms with Crippen LogP contribution in [0.2, 0.25) is 0 Å². The van der Waals surface area contributed by atoms with Crippen molar-refractivity contribution in [3.05, 3.63) is 35.5 Å². The Hall–Kier alpha value is -2.14. The number of ketones is 1. The second kappa shape index (κ2) is 6.54. The number of benzene rings is 1. The molecule has 23 heavy (non-hydrogen) atoms. The zero-order valence-corrected chi connectivity index (χ0v) is 13.7. The van der Waals surface area contributed by atoms with Crippen LogP contribution in [-0.4, -0.2) is 47.3 Å². The number of likely N-dealkylation sites (tertiary alicyclic amines) is 1. The summed E-state index contributed by atoms with van der Waals surface area (Å²) in [4.78, 5) is 30.4. The number of H-pyrrole nitrogens is 1. The number of carbonyl (C=O) groups is 2. The molecule has 122 valence electrons. The molecule has 0 spiro atoms. The Morgan fingerprint density at radius 1 is 1.35 bits per heavy atom. The van der Waals surface area contributed by atoms with E-state index in [-0.39, 0.29) is 0 Å². The van der Waals surface area contributed by atoms with Crippen LogP contribution in [0.25, 0.3) is 10.9 Å². The fraction of sp³-hybridized carbons (Fsp3) is 0.444. The maximum absolute atomic E-state index is 12.6. The van der Waals surface area contributed by atoms with E-state index in [2.05, 4.69) is 22.1 Å². The molecule has 2 N–H and O–H groups in total. The Morgan fingerprint density at radius 3 is 2.91 bits per heavy atom. The number of nitrogens with zero attached hydrogens (tertiary/aromatic N) is 1. The molecule has 5 nitrogen and oxygen atoms in total. The Kier molecular flexibility index (Phi) is 4.48. The van der Waals surface area contributed by atoms with Gasteiger partial charge in [0.05, 0.1) is 5.56 Å². The van der Waals surface area contributed by atoms with Gasteiger partial charge >= 0.3 is 0 Å². The average molecular weight is 313 g/mol. The van der Waals surface area contributed by atoms with E-state index in [9.17, 15) is 9.59 Å². The molecule has 5 heteroatoms. The lowest BCUT2D eigenvalue weighted by molar-refractivity contribution is -0.117. The third-order valence-corrected chi connectivity index (χ3v) is 4.73. The van der Waals surface area contributed by atoms with Crippen molar-refractivity contribution in [3.8, 4) is 0 Å². The Bertz CT molecular complexity index is 735. The number of carbonyl (C=O) groups excluding carboxylic acids is 2. The van der Waals surface area contributed by atoms with Gasteiger partial charge in [0.15, 0.2) is 0 Å². The van der Waals surface area contributed by atoms with Crippen LogP contribution >= 0.6 is 0 Å². The maximum atomic E-state index is 12.6. The van der Waals surface area contributed by atoms with Crippen molar-refractivity contribution in [1.82, 2.24) is 15.2 Å². The summed E-state index contributed by atoms with van der Waals surface area (Å²) < 4.78 is 0. The number of para-hydroxylation sites is 1. The van der Waals surface area contributed by atoms with E-state index in [0.717, 1.165) is 42.5 Å². The standard InChI is InChI=1S/C18H23N3O2/c1-3-21-10-6-7-13(21)11-19-18(23)17(22)16-12(2)20-15-9-5-4-8-14(15)16/h4-5,8-9,13,20H,3,6-7,10-11H2,1-2H3,(H,19,23). The smallest absolute Gasteiger partial charge is 0.292 e. The second-order valence-electron chi connectivity index (χ2n) is 6.13. The minimum atomic E-state index is -0.513. The fourth-order valence-corrected chi connectivity index (χ4v) is 3.52. The third-order valence-electron chi connectivity index (χ3n) is 4.73. The summed E-state index contributed by atoms with van der Waals surface area (Å²) in [6, 6.07) is 7.92. The Labute approximate surface area is 136 Å². The number of aromatic amines is 1. The number of amides is 1. The summed E-state index contributed by atoms with van der Waals surface area (Å²) >= 11 is 0. The Balaban J connectivity index is 1.72. The van der Waals surface area contributed by atoms with E-state index >= 15 is 0 Å². The first kappa shape index (κ1) is 15.7. The molecule has 3 rings (SSSR count). The molecule has 0 saturated carbocycles. The number of hydrogen-bond donors (Lipinski definition) is 2. The number of aromatic nitrogens is 1. The summed E-state index contributed by atoms with van der Waals surface area (Å²) in [5.74, 6) is -0.971. The van der Waals surface area contributed by atoms with Crippen molar-refractivity contribution in [2.24, 2.45) is 0 Å². The highest BCUT2D eigenvalue weighted by Gasteiger charge is 2.26. The van der Waals surface area contributed by atoms with Crippen molar-refractivity contribution in [3.63, 3.8) is 0 Å². The van der Waals surface area contributed by atoms with Crippen LogP contribution < -0.4 is 5.32 Å². The number of Topliss-reactive ketones (excluding diaryl/α,β-unsaturated/α-hetero) is 1. The SMILES string of the molecule is CCN1CCCC1CNC(=O)C(=O)c1c(C)[nH]c2ccccc12. The van der Waals surface area contributed by atoms with Crippen molar-refractivity contribution >= 4 is 22.6 Å². The van der Waals surface area contributed by atoms with Crippen LogP contribution in [0.1, 0.15) is 35.8 Å². The van der Waals surface area contributed by atoms with Crippen LogP contribution in [0, 0.1) is 6.92 Å². The van der Waals surface area contributed by atoms with Gasteiger partial charge < -0.3 is 10.3 Å². The summed E-state index contributed by atoms with van der Waals surface area (Å²) in [6.07, 6.45) is 2.23. The molecule has 2 aromatic rings. The van der Waals surface area contributed by atoms with Gasteiger partial charge in [0, 0.05) is 29.2 Å². The first-order chi connectivity index (χ1) is 11.1. The summed E-state index contributed by atoms with van der Waals surface area (Å²) in [5.41, 5.74) is 2.10. The molecule has 2 heterocycles. The average Bonchev–Trinajstić information content (AvgIpc) is 3.14. The van der Waals surface area contributed by atoms with Crippen molar-refractivity contribution in [1.29, 1.82) is 0 Å². The van der Waals surface area contributed by atoms with Crippen LogP contribution in [0.4, 0.5) is 0 Å². The number of rotatable bonds is 5. The van der Waals surface area contributed by atoms with Crippen molar-refractivity contribution < 1.29 is 9.59 Å². The monoisotopic (exact) mass is 313 g/mol. The van der Waals surface area contributed by atoms with Gasteiger partial charge in [0.25, 0.3) is 11.7 Å². The molecule has 1 unspecified atom stereocenters. The van der Waals surface area contributed by atoms with E-state index in [4.69, 9.17) is 0 Å². The molecular weight excluding hydrogens is 290 g/mol. The molecule has 0 bridgehead atoms. The van der Waals surface area contributed by atoms with Gasteiger partial charge in [-0.2, -0.15) is 0 Å². The molecule has 0 aliphatic carbocycles. The first-order valence-corrected chi connectivity index (χ1v) is 8.25. The minimum Gasteiger partial charge on any atom is -0.358 e. The highest BCUT2D eigenvalue weighted by molar-refractivity contribution is 6.45. The predicted octanol–water partition coefficient (Wildman–Crippen LogP) is 2.26. The number of aryl methyl sites for hydroxylation is 1. The number of nitrogens with one attached hydrogen (secondary N) is 2. The van der Waals surface area contributed by atoms with E-state index < -0.39 is 11.7 Å². The minimum absolute atomic E-state index is 0.348. The number of hydrogen-bond acceptors (Lipinski definition) is 3. The van der Waals surface area contributed by atoms with Gasteiger partial charge in [-0.25, -0.2) is 0 Å². The van der Waals surface area contributed by atoms with Gasteiger partial charge in [-0.05, 0) is 38.9 Å². The zero-order chi connectivity index (χ0) is 16.4. The van der Waals surface area contributed by atoms with Gasteiger partial charge in [-0.15, -0.1) is 0 Å². The van der Waals surface area contributed by atoms with E-state index in [1.807, 2.05) is 31.2 Å².